The Hall–Kier alpha value is -3.98. The lowest BCUT2D eigenvalue weighted by Crippen LogP contribution is -2.53. The van der Waals surface area contributed by atoms with Crippen LogP contribution in [0.25, 0.3) is 0 Å². The van der Waals surface area contributed by atoms with Gasteiger partial charge in [0.15, 0.2) is 0 Å². The van der Waals surface area contributed by atoms with E-state index in [0.717, 1.165) is 16.7 Å². The highest BCUT2D eigenvalue weighted by molar-refractivity contribution is 7.98. The number of carbonyl (C=O) groups excluding carboxylic acids is 3. The topological polar surface area (TPSA) is 114 Å². The average molecular weight is 523 g/mol. The number of nitrogens with one attached hydrogen (secondary N) is 2. The first-order valence-electron chi connectivity index (χ1n) is 11.7. The van der Waals surface area contributed by atoms with Gasteiger partial charge in [-0.1, -0.05) is 72.8 Å². The summed E-state index contributed by atoms with van der Waals surface area (Å²) in [5.41, 5.74) is 2.62. The number of methoxy groups -OCH3 is 1. The van der Waals surface area contributed by atoms with E-state index in [2.05, 4.69) is 10.6 Å². The number of amides is 2. The van der Waals surface area contributed by atoms with Crippen molar-refractivity contribution in [2.45, 2.75) is 30.9 Å². The number of aromatic hydroxyl groups is 1. The summed E-state index contributed by atoms with van der Waals surface area (Å²) in [4.78, 5) is 38.2. The maximum atomic E-state index is 13.2. The molecule has 3 rings (SSSR count). The van der Waals surface area contributed by atoms with E-state index in [4.69, 9.17) is 9.47 Å². The summed E-state index contributed by atoms with van der Waals surface area (Å²) in [6.07, 6.45) is -0.585. The van der Waals surface area contributed by atoms with Crippen LogP contribution in [-0.2, 0) is 37.8 Å². The predicted octanol–water partition coefficient (Wildman–Crippen LogP) is 3.82. The van der Waals surface area contributed by atoms with Gasteiger partial charge in [-0.25, -0.2) is 9.59 Å². The van der Waals surface area contributed by atoms with Crippen LogP contribution in [0.15, 0.2) is 84.9 Å². The summed E-state index contributed by atoms with van der Waals surface area (Å²) in [6.45, 7) is 0.0593. The minimum absolute atomic E-state index is 0.0593. The molecule has 0 aliphatic carbocycles. The normalized spacial score (nSPS) is 12.1. The van der Waals surface area contributed by atoms with E-state index in [0.29, 0.717) is 5.75 Å². The molecule has 2 amide bonds. The van der Waals surface area contributed by atoms with Crippen LogP contribution in [0.5, 0.6) is 5.75 Å². The maximum Gasteiger partial charge on any atom is 0.408 e. The fraction of sp³-hybridized carbons (Fsp3) is 0.250. The van der Waals surface area contributed by atoms with Crippen molar-refractivity contribution in [3.05, 3.63) is 102 Å². The van der Waals surface area contributed by atoms with Crippen LogP contribution >= 0.6 is 11.8 Å². The smallest absolute Gasteiger partial charge is 0.408 e. The van der Waals surface area contributed by atoms with Crippen molar-refractivity contribution in [1.29, 1.82) is 0 Å². The van der Waals surface area contributed by atoms with Gasteiger partial charge >= 0.3 is 12.1 Å². The highest BCUT2D eigenvalue weighted by Crippen LogP contribution is 2.15. The van der Waals surface area contributed by atoms with Crippen LogP contribution in [0, 0.1) is 0 Å². The molecule has 0 aliphatic rings. The Balaban J connectivity index is 1.66. The van der Waals surface area contributed by atoms with Crippen LogP contribution in [0.3, 0.4) is 0 Å². The number of ether oxygens (including phenoxy) is 2. The van der Waals surface area contributed by atoms with Crippen molar-refractivity contribution in [2.75, 3.05) is 12.9 Å². The molecule has 1 unspecified atom stereocenters. The molecule has 0 saturated heterocycles. The first-order valence-corrected chi connectivity index (χ1v) is 12.8. The first kappa shape index (κ1) is 27.6. The summed E-state index contributed by atoms with van der Waals surface area (Å²) >= 11 is 1.47. The maximum absolute atomic E-state index is 13.2. The van der Waals surface area contributed by atoms with Gasteiger partial charge in [-0.05, 0) is 28.8 Å². The standard InChI is InChI=1S/C28H30N2O6S/c1-35-27(33)24(16-20-12-14-23(31)15-13-20)29-26(32)25(19-37-18-22-10-6-3-7-11-22)30-28(34)36-17-21-8-4-2-5-9-21/h2-15,24-25,31H,16-19H2,1H3,(H,29,32)(H,30,34)/t24-,25?/m0/s1. The Bertz CT molecular complexity index is 1140. The van der Waals surface area contributed by atoms with E-state index in [9.17, 15) is 19.5 Å². The molecule has 3 aromatic rings. The lowest BCUT2D eigenvalue weighted by Gasteiger charge is -2.22. The number of carbonyl (C=O) groups is 3. The number of alkyl carbamates (subject to hydrolysis) is 1. The Morgan fingerprint density at radius 3 is 2.05 bits per heavy atom. The number of phenols is 1. The molecule has 194 valence electrons. The van der Waals surface area contributed by atoms with E-state index in [1.165, 1.54) is 31.0 Å². The van der Waals surface area contributed by atoms with Crippen LogP contribution in [0.1, 0.15) is 16.7 Å². The molecule has 3 N–H and O–H groups in total. The molecule has 0 aliphatic heterocycles. The number of hydrogen-bond donors (Lipinski definition) is 3. The zero-order valence-corrected chi connectivity index (χ0v) is 21.3. The van der Waals surface area contributed by atoms with Gasteiger partial charge < -0.3 is 25.2 Å². The third-order valence-electron chi connectivity index (χ3n) is 5.40. The number of benzene rings is 3. The van der Waals surface area contributed by atoms with Crippen LogP contribution in [0.4, 0.5) is 4.79 Å². The van der Waals surface area contributed by atoms with Crippen molar-refractivity contribution in [1.82, 2.24) is 10.6 Å². The molecule has 0 radical (unpaired) electrons. The summed E-state index contributed by atoms with van der Waals surface area (Å²) in [7, 11) is 1.24. The van der Waals surface area contributed by atoms with E-state index in [1.54, 1.807) is 12.1 Å². The summed E-state index contributed by atoms with van der Waals surface area (Å²) in [5, 5.41) is 14.8. The van der Waals surface area contributed by atoms with Crippen LogP contribution in [0.2, 0.25) is 0 Å². The second kappa shape index (κ2) is 14.5. The minimum atomic E-state index is -0.981. The van der Waals surface area contributed by atoms with Crippen molar-refractivity contribution in [3.8, 4) is 5.75 Å². The van der Waals surface area contributed by atoms with Crippen molar-refractivity contribution < 1.29 is 29.0 Å². The number of esters is 1. The highest BCUT2D eigenvalue weighted by atomic mass is 32.2. The lowest BCUT2D eigenvalue weighted by atomic mass is 10.1. The van der Waals surface area contributed by atoms with Gasteiger partial charge in [0.25, 0.3) is 0 Å². The average Bonchev–Trinajstić information content (AvgIpc) is 2.92. The van der Waals surface area contributed by atoms with Gasteiger partial charge in [0, 0.05) is 17.9 Å². The van der Waals surface area contributed by atoms with Gasteiger partial charge in [0.05, 0.1) is 7.11 Å². The number of hydrogen-bond acceptors (Lipinski definition) is 7. The molecular formula is C28H30N2O6S. The Morgan fingerprint density at radius 1 is 0.811 bits per heavy atom. The molecule has 0 aromatic heterocycles. The molecule has 0 heterocycles. The van der Waals surface area contributed by atoms with Gasteiger partial charge in [-0.2, -0.15) is 11.8 Å². The molecule has 2 atom stereocenters. The van der Waals surface area contributed by atoms with E-state index in [-0.39, 0.29) is 24.5 Å². The van der Waals surface area contributed by atoms with Gasteiger partial charge in [-0.15, -0.1) is 0 Å². The largest absolute Gasteiger partial charge is 0.508 e. The zero-order valence-electron chi connectivity index (χ0n) is 20.5. The van der Waals surface area contributed by atoms with E-state index < -0.39 is 30.1 Å². The van der Waals surface area contributed by atoms with Gasteiger partial charge in [0.2, 0.25) is 5.91 Å². The zero-order chi connectivity index (χ0) is 26.5. The molecule has 8 nitrogen and oxygen atoms in total. The second-order valence-corrected chi connectivity index (χ2v) is 9.24. The number of thioether (sulfide) groups is 1. The molecule has 0 fully saturated rings. The predicted molar refractivity (Wildman–Crippen MR) is 142 cm³/mol. The third kappa shape index (κ3) is 9.53. The monoisotopic (exact) mass is 522 g/mol. The molecule has 0 saturated carbocycles. The van der Waals surface area contributed by atoms with E-state index >= 15 is 0 Å². The van der Waals surface area contributed by atoms with Crippen LogP contribution < -0.4 is 10.6 Å². The van der Waals surface area contributed by atoms with Gasteiger partial charge in [-0.3, -0.25) is 4.79 Å². The Morgan fingerprint density at radius 2 is 1.43 bits per heavy atom. The molecule has 9 heteroatoms. The van der Waals surface area contributed by atoms with E-state index in [1.807, 2.05) is 60.7 Å². The first-order chi connectivity index (χ1) is 17.9. The highest BCUT2D eigenvalue weighted by Gasteiger charge is 2.28. The summed E-state index contributed by atoms with van der Waals surface area (Å²) < 4.78 is 10.2. The lowest BCUT2D eigenvalue weighted by molar-refractivity contribution is -0.145. The molecular weight excluding hydrogens is 492 g/mol. The fourth-order valence-electron chi connectivity index (χ4n) is 3.43. The molecule has 37 heavy (non-hydrogen) atoms. The molecule has 3 aromatic carbocycles. The quantitative estimate of drug-likeness (QED) is 0.310. The van der Waals surface area contributed by atoms with Gasteiger partial charge in [0.1, 0.15) is 24.4 Å². The summed E-state index contributed by atoms with van der Waals surface area (Å²) in [6, 6.07) is 23.3. The SMILES string of the molecule is COC(=O)[C@H](Cc1ccc(O)cc1)NC(=O)C(CSCc1ccccc1)NC(=O)OCc1ccccc1. The fourth-order valence-corrected chi connectivity index (χ4v) is 4.45. The van der Waals surface area contributed by atoms with Crippen molar-refractivity contribution in [2.24, 2.45) is 0 Å². The minimum Gasteiger partial charge on any atom is -0.508 e. The van der Waals surface area contributed by atoms with Crippen molar-refractivity contribution in [3.63, 3.8) is 0 Å². The molecule has 0 spiro atoms. The molecule has 0 bridgehead atoms. The Kier molecular flexibility index (Phi) is 10.9. The summed E-state index contributed by atoms with van der Waals surface area (Å²) in [5.74, 6) is -0.167. The third-order valence-corrected chi connectivity index (χ3v) is 6.50. The second-order valence-electron chi connectivity index (χ2n) is 8.21. The van der Waals surface area contributed by atoms with Crippen molar-refractivity contribution >= 4 is 29.7 Å². The Labute approximate surface area is 220 Å². The van der Waals surface area contributed by atoms with Crippen LogP contribution in [-0.4, -0.2) is 48.0 Å². The number of rotatable bonds is 12. The number of phenolic OH excluding ortho intramolecular Hbond substituents is 1.